The number of sulfonamides is 1. The van der Waals surface area contributed by atoms with Crippen molar-refractivity contribution < 1.29 is 13.2 Å². The summed E-state index contributed by atoms with van der Waals surface area (Å²) >= 11 is 0. The molecule has 1 unspecified atom stereocenters. The summed E-state index contributed by atoms with van der Waals surface area (Å²) in [6.45, 7) is 6.52. The quantitative estimate of drug-likeness (QED) is 0.710. The van der Waals surface area contributed by atoms with Gasteiger partial charge in [0.05, 0.1) is 4.90 Å². The average Bonchev–Trinajstić information content (AvgIpc) is 3.12. The van der Waals surface area contributed by atoms with Gasteiger partial charge in [-0.1, -0.05) is 53.6 Å². The molecule has 1 saturated heterocycles. The molecule has 1 heterocycles. The van der Waals surface area contributed by atoms with Crippen molar-refractivity contribution in [1.82, 2.24) is 4.31 Å². The Labute approximate surface area is 172 Å². The van der Waals surface area contributed by atoms with E-state index in [1.807, 2.05) is 63.2 Å². The second-order valence-electron chi connectivity index (χ2n) is 8.08. The summed E-state index contributed by atoms with van der Waals surface area (Å²) in [5, 5.41) is 0. The number of rotatable bonds is 3. The van der Waals surface area contributed by atoms with Gasteiger partial charge in [0.15, 0.2) is 5.78 Å². The number of hydrogen-bond donors (Lipinski definition) is 0. The molecule has 2 aromatic rings. The second kappa shape index (κ2) is 7.39. The van der Waals surface area contributed by atoms with Crippen LogP contribution in [0, 0.1) is 12.8 Å². The van der Waals surface area contributed by atoms with Gasteiger partial charge in [-0.05, 0) is 49.6 Å². The van der Waals surface area contributed by atoms with Crippen molar-refractivity contribution in [3.8, 4) is 0 Å². The van der Waals surface area contributed by atoms with Crippen LogP contribution in [0.25, 0.3) is 5.57 Å². The van der Waals surface area contributed by atoms with E-state index in [2.05, 4.69) is 0 Å². The summed E-state index contributed by atoms with van der Waals surface area (Å²) < 4.78 is 28.0. The van der Waals surface area contributed by atoms with E-state index >= 15 is 0 Å². The summed E-state index contributed by atoms with van der Waals surface area (Å²) in [5.41, 5.74) is 5.70. The highest BCUT2D eigenvalue weighted by atomic mass is 32.2. The Balaban J connectivity index is 1.82. The topological polar surface area (TPSA) is 54.5 Å². The molecule has 1 fully saturated rings. The highest BCUT2D eigenvalue weighted by Gasteiger charge is 2.42. The third-order valence-corrected chi connectivity index (χ3v) is 7.59. The van der Waals surface area contributed by atoms with Gasteiger partial charge >= 0.3 is 0 Å². The molecule has 150 valence electrons. The number of Topliss-reactive ketones (excluding diaryl/α,β-unsaturated/α-hetero) is 1. The predicted molar refractivity (Wildman–Crippen MR) is 115 cm³/mol. The van der Waals surface area contributed by atoms with Gasteiger partial charge in [0.1, 0.15) is 0 Å². The predicted octanol–water partition coefficient (Wildman–Crippen LogP) is 4.38. The van der Waals surface area contributed by atoms with E-state index in [1.165, 1.54) is 4.31 Å². The monoisotopic (exact) mass is 407 g/mol. The number of nitrogens with zero attached hydrogens (tertiary/aromatic N) is 1. The number of allylic oxidation sites excluding steroid dienone is 3. The number of fused-ring (bicyclic) bond motifs is 1. The minimum absolute atomic E-state index is 0.0685. The highest BCUT2D eigenvalue weighted by Crippen LogP contribution is 2.44. The molecule has 0 aromatic heterocycles. The zero-order chi connectivity index (χ0) is 20.8. The lowest BCUT2D eigenvalue weighted by atomic mass is 9.76. The van der Waals surface area contributed by atoms with E-state index in [1.54, 1.807) is 12.1 Å². The molecule has 0 saturated carbocycles. The zero-order valence-corrected chi connectivity index (χ0v) is 17.8. The summed E-state index contributed by atoms with van der Waals surface area (Å²) in [4.78, 5) is 13.3. The first-order valence-electron chi connectivity index (χ1n) is 9.85. The van der Waals surface area contributed by atoms with Crippen LogP contribution in [0.4, 0.5) is 0 Å². The van der Waals surface area contributed by atoms with Crippen molar-refractivity contribution >= 4 is 21.4 Å². The van der Waals surface area contributed by atoms with Crippen LogP contribution < -0.4 is 0 Å². The van der Waals surface area contributed by atoms with Crippen LogP contribution in [0.2, 0.25) is 0 Å². The maximum atomic E-state index is 13.2. The lowest BCUT2D eigenvalue weighted by molar-refractivity contribution is -0.116. The van der Waals surface area contributed by atoms with Gasteiger partial charge in [-0.2, -0.15) is 4.31 Å². The van der Waals surface area contributed by atoms with E-state index in [-0.39, 0.29) is 11.7 Å². The molecule has 2 aliphatic rings. The van der Waals surface area contributed by atoms with Crippen molar-refractivity contribution in [3.63, 3.8) is 0 Å². The Bertz CT molecular complexity index is 1120. The molecular formula is C24H25NO3S. The molecule has 2 aromatic carbocycles. The van der Waals surface area contributed by atoms with Crippen molar-refractivity contribution in [1.29, 1.82) is 0 Å². The highest BCUT2D eigenvalue weighted by molar-refractivity contribution is 7.89. The fourth-order valence-corrected chi connectivity index (χ4v) is 5.81. The molecule has 1 aliphatic heterocycles. The van der Waals surface area contributed by atoms with Crippen LogP contribution in [-0.2, 0) is 14.8 Å². The van der Waals surface area contributed by atoms with Crippen LogP contribution in [0.15, 0.2) is 76.2 Å². The first-order chi connectivity index (χ1) is 13.8. The third kappa shape index (κ3) is 3.49. The Morgan fingerprint density at radius 1 is 1.00 bits per heavy atom. The summed E-state index contributed by atoms with van der Waals surface area (Å²) in [5.74, 6) is 0.0354. The Hall–Kier alpha value is -2.50. The van der Waals surface area contributed by atoms with E-state index in [4.69, 9.17) is 0 Å². The zero-order valence-electron chi connectivity index (χ0n) is 17.0. The fraction of sp³-hybridized carbons (Fsp3) is 0.292. The lowest BCUT2D eigenvalue weighted by Crippen LogP contribution is -2.29. The van der Waals surface area contributed by atoms with Gasteiger partial charge in [-0.3, -0.25) is 4.79 Å². The molecular weight excluding hydrogens is 382 g/mol. The van der Waals surface area contributed by atoms with Crippen LogP contribution in [0.3, 0.4) is 0 Å². The van der Waals surface area contributed by atoms with Gasteiger partial charge in [-0.15, -0.1) is 0 Å². The van der Waals surface area contributed by atoms with Gasteiger partial charge in [-0.25, -0.2) is 8.42 Å². The van der Waals surface area contributed by atoms with Crippen molar-refractivity contribution in [2.75, 3.05) is 13.1 Å². The van der Waals surface area contributed by atoms with Gasteiger partial charge in [0.25, 0.3) is 0 Å². The first-order valence-corrected chi connectivity index (χ1v) is 11.3. The molecule has 1 atom stereocenters. The van der Waals surface area contributed by atoms with E-state index in [0.29, 0.717) is 24.4 Å². The van der Waals surface area contributed by atoms with E-state index in [9.17, 15) is 13.2 Å². The van der Waals surface area contributed by atoms with E-state index < -0.39 is 10.0 Å². The smallest absolute Gasteiger partial charge is 0.243 e. The Kier molecular flexibility index (Phi) is 5.05. The molecule has 5 heteroatoms. The maximum Gasteiger partial charge on any atom is 0.243 e. The van der Waals surface area contributed by atoms with Crippen LogP contribution >= 0.6 is 0 Å². The molecule has 0 radical (unpaired) electrons. The Morgan fingerprint density at radius 3 is 2.28 bits per heavy atom. The molecule has 29 heavy (non-hydrogen) atoms. The van der Waals surface area contributed by atoms with Crippen molar-refractivity contribution in [2.24, 2.45) is 5.92 Å². The minimum Gasteiger partial charge on any atom is -0.294 e. The largest absolute Gasteiger partial charge is 0.294 e. The van der Waals surface area contributed by atoms with Gasteiger partial charge in [0, 0.05) is 31.0 Å². The van der Waals surface area contributed by atoms with E-state index in [0.717, 1.165) is 33.4 Å². The molecule has 4 rings (SSSR count). The number of hydrogen-bond acceptors (Lipinski definition) is 3. The van der Waals surface area contributed by atoms with Crippen LogP contribution in [0.1, 0.15) is 31.4 Å². The molecule has 0 spiro atoms. The van der Waals surface area contributed by atoms with Crippen LogP contribution in [0.5, 0.6) is 0 Å². The molecule has 0 amide bonds. The average molecular weight is 408 g/mol. The van der Waals surface area contributed by atoms with Crippen molar-refractivity contribution in [3.05, 3.63) is 82.4 Å². The second-order valence-corrected chi connectivity index (χ2v) is 10.0. The number of aryl methyl sites for hydroxylation is 1. The normalized spacial score (nSPS) is 20.2. The molecule has 0 N–H and O–H groups in total. The minimum atomic E-state index is -3.60. The Morgan fingerprint density at radius 2 is 1.66 bits per heavy atom. The lowest BCUT2D eigenvalue weighted by Gasteiger charge is -2.25. The number of ketones is 1. The summed E-state index contributed by atoms with van der Waals surface area (Å²) in [6, 6.07) is 16.8. The van der Waals surface area contributed by atoms with Crippen molar-refractivity contribution in [2.45, 2.75) is 32.1 Å². The fourth-order valence-electron chi connectivity index (χ4n) is 4.34. The molecule has 0 bridgehead atoms. The number of carbonyl (C=O) groups excluding carboxylic acids is 1. The van der Waals surface area contributed by atoms with Crippen LogP contribution in [-0.4, -0.2) is 31.6 Å². The first kappa shape index (κ1) is 19.8. The molecule has 1 aliphatic carbocycles. The molecule has 4 nitrogen and oxygen atoms in total. The summed E-state index contributed by atoms with van der Waals surface area (Å²) in [6.07, 6.45) is 0.367. The summed E-state index contributed by atoms with van der Waals surface area (Å²) in [7, 11) is -3.60. The standard InChI is InChI=1S/C24H25NO3S/c1-16(2)23-22(26)13-19-14-25(29(27,28)20-11-9-17(3)10-12-20)15-21(19)24(23)18-7-5-4-6-8-18/h4-12,19H,13-15H2,1-3H3. The van der Waals surface area contributed by atoms with Gasteiger partial charge in [0.2, 0.25) is 10.0 Å². The SMILES string of the molecule is CC(C)=C1C(=O)CC2CN(S(=O)(=O)c3ccc(C)cc3)CC2=C1c1ccccc1. The number of benzene rings is 2. The maximum absolute atomic E-state index is 13.2. The number of carbonyl (C=O) groups is 1. The van der Waals surface area contributed by atoms with Gasteiger partial charge < -0.3 is 0 Å². The third-order valence-electron chi connectivity index (χ3n) is 5.77.